The van der Waals surface area contributed by atoms with Crippen LogP contribution in [0.1, 0.15) is 26.7 Å². The minimum absolute atomic E-state index is 0.248. The lowest BCUT2D eigenvalue weighted by atomic mass is 10.3. The quantitative estimate of drug-likeness (QED) is 0.477. The van der Waals surface area contributed by atoms with Crippen molar-refractivity contribution < 1.29 is 29.6 Å². The Morgan fingerprint density at radius 1 is 1.00 bits per heavy atom. The van der Waals surface area contributed by atoms with Gasteiger partial charge in [-0.05, 0) is 13.8 Å². The Kier molecular flexibility index (Phi) is 5.82. The molecule has 0 rings (SSSR count). The van der Waals surface area contributed by atoms with Crippen molar-refractivity contribution in [3.8, 4) is 0 Å². The normalized spacial score (nSPS) is 14.3. The third kappa shape index (κ3) is 7.51. The average Bonchev–Trinajstić information content (AvgIpc) is 1.98. The Hall–Kier alpha value is -1.14. The molecule has 0 aliphatic rings. The fourth-order valence-corrected chi connectivity index (χ4v) is 0.643. The van der Waals surface area contributed by atoms with Gasteiger partial charge in [-0.25, -0.2) is 19.4 Å². The first-order valence-electron chi connectivity index (χ1n) is 4.18. The van der Waals surface area contributed by atoms with Gasteiger partial charge < -0.3 is 10.2 Å². The largest absolute Gasteiger partial charge is 0.393 e. The van der Waals surface area contributed by atoms with E-state index in [0.717, 1.165) is 0 Å². The predicted molar refractivity (Wildman–Crippen MR) is 44.8 cm³/mol. The first kappa shape index (κ1) is 12.9. The van der Waals surface area contributed by atoms with E-state index in [4.69, 9.17) is 10.2 Å². The monoisotopic (exact) mass is 206 g/mol. The zero-order valence-corrected chi connectivity index (χ0v) is 8.10. The summed E-state index contributed by atoms with van der Waals surface area (Å²) in [6, 6.07) is 0. The van der Waals surface area contributed by atoms with Gasteiger partial charge in [-0.15, -0.1) is 0 Å². The number of aliphatic hydroxyl groups is 2. The fraction of sp³-hybridized carbons (Fsp3) is 0.750. The van der Waals surface area contributed by atoms with E-state index in [-0.39, 0.29) is 12.8 Å². The maximum Gasteiger partial charge on any atom is 0.358 e. The first-order chi connectivity index (χ1) is 6.41. The molecule has 0 aliphatic heterocycles. The summed E-state index contributed by atoms with van der Waals surface area (Å²) >= 11 is 0. The molecule has 0 unspecified atom stereocenters. The molecule has 0 spiro atoms. The zero-order chi connectivity index (χ0) is 11.1. The van der Waals surface area contributed by atoms with Crippen molar-refractivity contribution in [3.63, 3.8) is 0 Å². The number of carbonyl (C=O) groups is 2. The third-order valence-corrected chi connectivity index (χ3v) is 1.15. The SMILES string of the molecule is C[C@@H](O)CC(=O)OOC(=O)C[C@@H](C)O. The number of hydrogen-bond acceptors (Lipinski definition) is 6. The molecular formula is C8H14O6. The van der Waals surface area contributed by atoms with Crippen LogP contribution in [0.25, 0.3) is 0 Å². The highest BCUT2D eigenvalue weighted by atomic mass is 17.2. The first-order valence-corrected chi connectivity index (χ1v) is 4.18. The highest BCUT2D eigenvalue weighted by Crippen LogP contribution is 1.97. The van der Waals surface area contributed by atoms with Gasteiger partial charge in [0.05, 0.1) is 25.0 Å². The lowest BCUT2D eigenvalue weighted by Crippen LogP contribution is -2.18. The lowest BCUT2D eigenvalue weighted by Gasteiger charge is -2.05. The standard InChI is InChI=1S/C8H14O6/c1-5(9)3-7(11)13-14-8(12)4-6(2)10/h5-6,9-10H,3-4H2,1-2H3/t5-,6-/m1/s1. The van der Waals surface area contributed by atoms with Crippen molar-refractivity contribution in [1.29, 1.82) is 0 Å². The summed E-state index contributed by atoms with van der Waals surface area (Å²) < 4.78 is 0. The third-order valence-electron chi connectivity index (χ3n) is 1.15. The van der Waals surface area contributed by atoms with Crippen LogP contribution in [0.3, 0.4) is 0 Å². The second-order valence-electron chi connectivity index (χ2n) is 3.02. The van der Waals surface area contributed by atoms with E-state index in [1.54, 1.807) is 0 Å². The van der Waals surface area contributed by atoms with E-state index in [1.165, 1.54) is 13.8 Å². The van der Waals surface area contributed by atoms with Gasteiger partial charge in [0.2, 0.25) is 0 Å². The number of rotatable bonds is 4. The van der Waals surface area contributed by atoms with Gasteiger partial charge in [-0.3, -0.25) is 0 Å². The van der Waals surface area contributed by atoms with Crippen LogP contribution in [0.15, 0.2) is 0 Å². The van der Waals surface area contributed by atoms with E-state index in [1.807, 2.05) is 0 Å². The van der Waals surface area contributed by atoms with Crippen molar-refractivity contribution in [2.75, 3.05) is 0 Å². The minimum atomic E-state index is -0.849. The predicted octanol–water partition coefficient (Wildman–Crippen LogP) is -0.470. The lowest BCUT2D eigenvalue weighted by molar-refractivity contribution is -0.261. The zero-order valence-electron chi connectivity index (χ0n) is 8.10. The molecule has 0 bridgehead atoms. The van der Waals surface area contributed by atoms with Gasteiger partial charge in [0, 0.05) is 0 Å². The van der Waals surface area contributed by atoms with Crippen LogP contribution in [0.2, 0.25) is 0 Å². The van der Waals surface area contributed by atoms with Gasteiger partial charge >= 0.3 is 11.9 Å². The highest BCUT2D eigenvalue weighted by Gasteiger charge is 2.13. The van der Waals surface area contributed by atoms with Crippen LogP contribution in [-0.2, 0) is 19.4 Å². The Bertz CT molecular complexity index is 176. The summed E-state index contributed by atoms with van der Waals surface area (Å²) in [5.41, 5.74) is 0. The number of carbonyl (C=O) groups excluding carboxylic acids is 2. The van der Waals surface area contributed by atoms with Crippen molar-refractivity contribution in [1.82, 2.24) is 0 Å². The van der Waals surface area contributed by atoms with Crippen LogP contribution in [-0.4, -0.2) is 34.4 Å². The molecule has 0 aromatic rings. The molecule has 0 heterocycles. The van der Waals surface area contributed by atoms with Crippen LogP contribution < -0.4 is 0 Å². The van der Waals surface area contributed by atoms with Crippen LogP contribution in [0.5, 0.6) is 0 Å². The molecule has 2 atom stereocenters. The number of hydrogen-bond donors (Lipinski definition) is 2. The van der Waals surface area contributed by atoms with Crippen molar-refractivity contribution in [2.45, 2.75) is 38.9 Å². The van der Waals surface area contributed by atoms with E-state index >= 15 is 0 Å². The molecular weight excluding hydrogens is 192 g/mol. The molecule has 14 heavy (non-hydrogen) atoms. The molecule has 82 valence electrons. The molecule has 0 fully saturated rings. The van der Waals surface area contributed by atoms with Crippen molar-refractivity contribution in [3.05, 3.63) is 0 Å². The van der Waals surface area contributed by atoms with Crippen molar-refractivity contribution in [2.24, 2.45) is 0 Å². The summed E-state index contributed by atoms with van der Waals surface area (Å²) in [7, 11) is 0. The summed E-state index contributed by atoms with van der Waals surface area (Å²) in [6.45, 7) is 2.80. The minimum Gasteiger partial charge on any atom is -0.393 e. The van der Waals surface area contributed by atoms with E-state index in [9.17, 15) is 9.59 Å². The smallest absolute Gasteiger partial charge is 0.358 e. The second-order valence-corrected chi connectivity index (χ2v) is 3.02. The van der Waals surface area contributed by atoms with Gasteiger partial charge in [0.1, 0.15) is 0 Å². The highest BCUT2D eigenvalue weighted by molar-refractivity contribution is 5.73. The van der Waals surface area contributed by atoms with Gasteiger partial charge in [-0.1, -0.05) is 0 Å². The summed E-state index contributed by atoms with van der Waals surface area (Å²) in [5, 5.41) is 17.5. The Labute approximate surface area is 81.4 Å². The van der Waals surface area contributed by atoms with E-state index in [0.29, 0.717) is 0 Å². The molecule has 0 amide bonds. The molecule has 0 saturated heterocycles. The maximum absolute atomic E-state index is 10.7. The van der Waals surface area contributed by atoms with Crippen LogP contribution in [0, 0.1) is 0 Å². The Morgan fingerprint density at radius 2 is 1.29 bits per heavy atom. The molecule has 0 aliphatic carbocycles. The average molecular weight is 206 g/mol. The second kappa shape index (κ2) is 6.33. The molecule has 6 heteroatoms. The van der Waals surface area contributed by atoms with Crippen LogP contribution >= 0.6 is 0 Å². The van der Waals surface area contributed by atoms with Gasteiger partial charge in [0.25, 0.3) is 0 Å². The van der Waals surface area contributed by atoms with Crippen molar-refractivity contribution >= 4 is 11.9 Å². The number of aliphatic hydroxyl groups excluding tert-OH is 2. The van der Waals surface area contributed by atoms with Crippen LogP contribution in [0.4, 0.5) is 0 Å². The topological polar surface area (TPSA) is 93.1 Å². The maximum atomic E-state index is 10.7. The fourth-order valence-electron chi connectivity index (χ4n) is 0.643. The molecule has 2 N–H and O–H groups in total. The summed E-state index contributed by atoms with van der Waals surface area (Å²) in [6.07, 6.45) is -2.19. The summed E-state index contributed by atoms with van der Waals surface area (Å²) in [4.78, 5) is 29.6. The molecule has 0 saturated carbocycles. The van der Waals surface area contributed by atoms with E-state index in [2.05, 4.69) is 9.78 Å². The van der Waals surface area contributed by atoms with Gasteiger partial charge in [0.15, 0.2) is 0 Å². The van der Waals surface area contributed by atoms with Gasteiger partial charge in [-0.2, -0.15) is 0 Å². The molecule has 6 nitrogen and oxygen atoms in total. The summed E-state index contributed by atoms with van der Waals surface area (Å²) in [5.74, 6) is -1.67. The molecule has 0 aromatic carbocycles. The Morgan fingerprint density at radius 3 is 1.50 bits per heavy atom. The van der Waals surface area contributed by atoms with E-state index < -0.39 is 24.1 Å². The molecule has 0 radical (unpaired) electrons. The Balaban J connectivity index is 3.61. The molecule has 0 aromatic heterocycles.